The number of rotatable bonds is 6. The normalized spacial score (nSPS) is 15.2. The maximum absolute atomic E-state index is 13.0. The molecular weight excluding hydrogens is 339 g/mol. The molecule has 0 aliphatic carbocycles. The Morgan fingerprint density at radius 2 is 1.77 bits per heavy atom. The molecule has 8 heteroatoms. The highest BCUT2D eigenvalue weighted by Gasteiger charge is 2.24. The second-order valence-electron chi connectivity index (χ2n) is 6.28. The Balaban J connectivity index is 1.54. The minimum absolute atomic E-state index is 0.0760. The predicted molar refractivity (Wildman–Crippen MR) is 92.1 cm³/mol. The summed E-state index contributed by atoms with van der Waals surface area (Å²) in [6.45, 7) is 3.53. The summed E-state index contributed by atoms with van der Waals surface area (Å²) in [4.78, 5) is 27.4. The zero-order valence-electron chi connectivity index (χ0n) is 14.3. The average Bonchev–Trinajstić information content (AvgIpc) is 3.10. The molecule has 1 aliphatic rings. The van der Waals surface area contributed by atoms with Gasteiger partial charge in [-0.1, -0.05) is 12.1 Å². The third-order valence-electron chi connectivity index (χ3n) is 4.45. The van der Waals surface area contributed by atoms with Gasteiger partial charge in [0, 0.05) is 38.9 Å². The first kappa shape index (κ1) is 18.1. The lowest BCUT2D eigenvalue weighted by atomic mass is 10.2. The summed E-state index contributed by atoms with van der Waals surface area (Å²) in [5.41, 5.74) is 1.45. The van der Waals surface area contributed by atoms with Crippen LogP contribution < -0.4 is 0 Å². The number of piperazine rings is 1. The van der Waals surface area contributed by atoms with Gasteiger partial charge in [-0.3, -0.25) is 19.2 Å². The molecule has 0 atom stereocenters. The summed E-state index contributed by atoms with van der Waals surface area (Å²) in [5, 5.41) is 12.8. The lowest BCUT2D eigenvalue weighted by Gasteiger charge is -2.34. The van der Waals surface area contributed by atoms with Crippen LogP contribution in [0, 0.1) is 5.82 Å². The number of carbonyl (C=O) groups excluding carboxylic acids is 1. The Hall–Kier alpha value is -2.74. The van der Waals surface area contributed by atoms with Gasteiger partial charge in [-0.05, 0) is 23.8 Å². The maximum Gasteiger partial charge on any atom is 0.305 e. The van der Waals surface area contributed by atoms with Crippen molar-refractivity contribution in [1.29, 1.82) is 0 Å². The predicted octanol–water partition coefficient (Wildman–Crippen LogP) is 1.45. The van der Waals surface area contributed by atoms with Crippen LogP contribution >= 0.6 is 0 Å². The minimum atomic E-state index is -0.923. The molecule has 1 amide bonds. The summed E-state index contributed by atoms with van der Waals surface area (Å²) in [7, 11) is 0. The van der Waals surface area contributed by atoms with E-state index in [2.05, 4.69) is 10.00 Å². The molecule has 0 bridgehead atoms. The molecule has 1 fully saturated rings. The van der Waals surface area contributed by atoms with Crippen LogP contribution in [-0.2, 0) is 17.9 Å². The average molecular weight is 360 g/mol. The molecule has 2 aromatic rings. The third kappa shape index (κ3) is 4.45. The number of halogens is 1. The van der Waals surface area contributed by atoms with Crippen LogP contribution in [0.15, 0.2) is 36.5 Å². The quantitative estimate of drug-likeness (QED) is 0.844. The lowest BCUT2D eigenvalue weighted by Crippen LogP contribution is -2.48. The van der Waals surface area contributed by atoms with E-state index >= 15 is 0 Å². The van der Waals surface area contributed by atoms with Gasteiger partial charge in [0.1, 0.15) is 11.5 Å². The molecule has 1 aromatic carbocycles. The Labute approximate surface area is 150 Å². The maximum atomic E-state index is 13.0. The molecule has 1 aliphatic heterocycles. The van der Waals surface area contributed by atoms with Gasteiger partial charge < -0.3 is 10.0 Å². The number of amides is 1. The van der Waals surface area contributed by atoms with E-state index in [1.165, 1.54) is 23.0 Å². The van der Waals surface area contributed by atoms with Crippen LogP contribution in [0.2, 0.25) is 0 Å². The second kappa shape index (κ2) is 8.09. The highest BCUT2D eigenvalue weighted by molar-refractivity contribution is 5.92. The molecule has 3 rings (SSSR count). The first-order chi connectivity index (χ1) is 12.5. The van der Waals surface area contributed by atoms with Crippen molar-refractivity contribution < 1.29 is 19.1 Å². The third-order valence-corrected chi connectivity index (χ3v) is 4.45. The first-order valence-electron chi connectivity index (χ1n) is 8.52. The van der Waals surface area contributed by atoms with Crippen LogP contribution in [0.5, 0.6) is 0 Å². The number of aromatic nitrogens is 2. The van der Waals surface area contributed by atoms with Crippen LogP contribution in [0.1, 0.15) is 22.5 Å². The molecule has 2 heterocycles. The molecule has 0 spiro atoms. The van der Waals surface area contributed by atoms with E-state index in [-0.39, 0.29) is 24.7 Å². The fraction of sp³-hybridized carbons (Fsp3) is 0.389. The molecule has 7 nitrogen and oxygen atoms in total. The summed E-state index contributed by atoms with van der Waals surface area (Å²) >= 11 is 0. The van der Waals surface area contributed by atoms with Crippen LogP contribution in [0.25, 0.3) is 0 Å². The second-order valence-corrected chi connectivity index (χ2v) is 6.28. The van der Waals surface area contributed by atoms with Crippen LogP contribution in [0.3, 0.4) is 0 Å². The lowest BCUT2D eigenvalue weighted by molar-refractivity contribution is -0.137. The smallest absolute Gasteiger partial charge is 0.305 e. The van der Waals surface area contributed by atoms with E-state index < -0.39 is 5.97 Å². The fourth-order valence-electron chi connectivity index (χ4n) is 3.01. The van der Waals surface area contributed by atoms with Crippen molar-refractivity contribution in [1.82, 2.24) is 19.6 Å². The van der Waals surface area contributed by atoms with Crippen LogP contribution in [0.4, 0.5) is 4.39 Å². The summed E-state index contributed by atoms with van der Waals surface area (Å²) < 4.78 is 14.4. The Bertz CT molecular complexity index is 767. The number of hydrogen-bond donors (Lipinski definition) is 1. The van der Waals surface area contributed by atoms with E-state index in [1.54, 1.807) is 23.1 Å². The molecule has 1 N–H and O–H groups in total. The van der Waals surface area contributed by atoms with Crippen LogP contribution in [-0.4, -0.2) is 62.7 Å². The number of hydrogen-bond acceptors (Lipinski definition) is 4. The van der Waals surface area contributed by atoms with Crippen molar-refractivity contribution in [3.05, 3.63) is 53.6 Å². The molecule has 26 heavy (non-hydrogen) atoms. The topological polar surface area (TPSA) is 78.7 Å². The van der Waals surface area contributed by atoms with Gasteiger partial charge in [-0.15, -0.1) is 0 Å². The van der Waals surface area contributed by atoms with Crippen molar-refractivity contribution in [2.45, 2.75) is 19.5 Å². The molecule has 0 radical (unpaired) electrons. The zero-order valence-corrected chi connectivity index (χ0v) is 14.3. The standard InChI is InChI=1S/C18H21FN4O3/c19-15-3-1-14(2-4-15)13-21-9-11-22(12-10-21)18(26)16-5-7-20-23(16)8-6-17(24)25/h1-5,7H,6,8-13H2,(H,24,25). The fourth-order valence-corrected chi connectivity index (χ4v) is 3.01. The van der Waals surface area contributed by atoms with Crippen molar-refractivity contribution in [2.24, 2.45) is 0 Å². The molecule has 0 unspecified atom stereocenters. The Morgan fingerprint density at radius 1 is 1.08 bits per heavy atom. The number of carboxylic acids is 1. The van der Waals surface area contributed by atoms with E-state index in [9.17, 15) is 14.0 Å². The van der Waals surface area contributed by atoms with E-state index in [0.717, 1.165) is 25.2 Å². The highest BCUT2D eigenvalue weighted by Crippen LogP contribution is 2.12. The summed E-state index contributed by atoms with van der Waals surface area (Å²) in [5.74, 6) is -1.30. The van der Waals surface area contributed by atoms with Gasteiger partial charge in [-0.2, -0.15) is 5.10 Å². The number of carboxylic acid groups (broad SMARTS) is 1. The van der Waals surface area contributed by atoms with Crippen molar-refractivity contribution in [3.63, 3.8) is 0 Å². The first-order valence-corrected chi connectivity index (χ1v) is 8.52. The zero-order chi connectivity index (χ0) is 18.5. The monoisotopic (exact) mass is 360 g/mol. The highest BCUT2D eigenvalue weighted by atomic mass is 19.1. The summed E-state index contributed by atoms with van der Waals surface area (Å²) in [6, 6.07) is 8.07. The molecule has 1 aromatic heterocycles. The largest absolute Gasteiger partial charge is 0.481 e. The van der Waals surface area contributed by atoms with Gasteiger partial charge in [0.2, 0.25) is 0 Å². The van der Waals surface area contributed by atoms with E-state index in [0.29, 0.717) is 18.8 Å². The van der Waals surface area contributed by atoms with Gasteiger partial charge in [0.15, 0.2) is 0 Å². The molecule has 1 saturated heterocycles. The molecular formula is C18H21FN4O3. The van der Waals surface area contributed by atoms with E-state index in [1.807, 2.05) is 0 Å². The Morgan fingerprint density at radius 3 is 2.42 bits per heavy atom. The molecule has 0 saturated carbocycles. The number of aliphatic carboxylic acids is 1. The van der Waals surface area contributed by atoms with Gasteiger partial charge >= 0.3 is 5.97 Å². The number of aryl methyl sites for hydroxylation is 1. The number of carbonyl (C=O) groups is 2. The number of nitrogens with zero attached hydrogens (tertiary/aromatic N) is 4. The summed E-state index contributed by atoms with van der Waals surface area (Å²) in [6.07, 6.45) is 1.44. The van der Waals surface area contributed by atoms with Crippen molar-refractivity contribution in [3.8, 4) is 0 Å². The molecule has 138 valence electrons. The Kier molecular flexibility index (Phi) is 5.62. The van der Waals surface area contributed by atoms with Crippen molar-refractivity contribution >= 4 is 11.9 Å². The van der Waals surface area contributed by atoms with E-state index in [4.69, 9.17) is 5.11 Å². The number of benzene rings is 1. The SMILES string of the molecule is O=C(O)CCn1nccc1C(=O)N1CCN(Cc2ccc(F)cc2)CC1. The van der Waals surface area contributed by atoms with Gasteiger partial charge in [-0.25, -0.2) is 4.39 Å². The van der Waals surface area contributed by atoms with Gasteiger partial charge in [0.25, 0.3) is 5.91 Å². The minimum Gasteiger partial charge on any atom is -0.481 e. The van der Waals surface area contributed by atoms with Gasteiger partial charge in [0.05, 0.1) is 13.0 Å². The van der Waals surface area contributed by atoms with Crippen molar-refractivity contribution in [2.75, 3.05) is 26.2 Å².